The van der Waals surface area contributed by atoms with E-state index in [-0.39, 0.29) is 6.15 Å². The van der Waals surface area contributed by atoms with Crippen LogP contribution in [0.4, 0.5) is 0 Å². The molecule has 0 bridgehead atoms. The maximum absolute atomic E-state index is 3.85. The number of nitrogens with zero attached hydrogens (tertiary/aromatic N) is 1. The summed E-state index contributed by atoms with van der Waals surface area (Å²) < 4.78 is 3.85. The Hall–Kier alpha value is 0.500. The van der Waals surface area contributed by atoms with Crippen LogP contribution in [-0.4, -0.2) is 6.54 Å². The van der Waals surface area contributed by atoms with Crippen LogP contribution in [0.15, 0.2) is 3.34 Å². The Morgan fingerprint density at radius 3 is 0.929 bits per heavy atom. The van der Waals surface area contributed by atoms with Crippen molar-refractivity contribution < 1.29 is 20.9 Å². The average molecular weight is 369 g/mol. The van der Waals surface area contributed by atoms with Gasteiger partial charge in [0.25, 0.3) is 0 Å². The summed E-state index contributed by atoms with van der Waals surface area (Å²) in [5.74, 6) is 0. The van der Waals surface area contributed by atoms with Crippen LogP contribution in [0.2, 0.25) is 0 Å². The summed E-state index contributed by atoms with van der Waals surface area (Å²) in [6, 6.07) is 0. The quantitative estimate of drug-likeness (QED) is 0.574. The summed E-state index contributed by atoms with van der Waals surface area (Å²) >= 11 is 1.17. The van der Waals surface area contributed by atoms with Gasteiger partial charge in [-0.3, -0.25) is 0 Å². The molecule has 0 aromatic rings. The SMILES string of the molecule is CC[N]=[Ta].[CH2-]CC.[CH2-]CC.[CH2-]CC.[NH2-]. The van der Waals surface area contributed by atoms with Crippen LogP contribution < -0.4 is 0 Å². The summed E-state index contributed by atoms with van der Waals surface area (Å²) in [5, 5.41) is 0. The fraction of sp³-hybridized carbons (Fsp3) is 0.727. The normalized spacial score (nSPS) is 5.57. The summed E-state index contributed by atoms with van der Waals surface area (Å²) in [7, 11) is 0. The summed E-state index contributed by atoms with van der Waals surface area (Å²) in [6.07, 6.45) is 3.00. The summed E-state index contributed by atoms with van der Waals surface area (Å²) in [5.41, 5.74) is 0. The molecule has 2 nitrogen and oxygen atoms in total. The van der Waals surface area contributed by atoms with Crippen LogP contribution in [0.3, 0.4) is 0 Å². The van der Waals surface area contributed by atoms with E-state index in [1.54, 1.807) is 0 Å². The van der Waals surface area contributed by atoms with Gasteiger partial charge in [0.15, 0.2) is 0 Å². The average Bonchev–Trinajstić information content (AvgIpc) is 2.08. The number of nitrogens with two attached hydrogens (primary N) is 1. The summed E-state index contributed by atoms with van der Waals surface area (Å²) in [4.78, 5) is 0. The molecule has 14 heavy (non-hydrogen) atoms. The van der Waals surface area contributed by atoms with Gasteiger partial charge in [-0.25, -0.2) is 0 Å². The van der Waals surface area contributed by atoms with Gasteiger partial charge in [0.2, 0.25) is 0 Å². The van der Waals surface area contributed by atoms with Crippen molar-refractivity contribution in [3.05, 3.63) is 26.9 Å². The molecule has 0 fully saturated rings. The fourth-order valence-electron chi connectivity index (χ4n) is 0. The van der Waals surface area contributed by atoms with E-state index in [1.165, 1.54) is 20.9 Å². The van der Waals surface area contributed by atoms with Crippen molar-refractivity contribution >= 4 is 0 Å². The molecule has 0 saturated carbocycles. The molecule has 0 unspecified atom stereocenters. The third-order valence-corrected chi connectivity index (χ3v) is 1.16. The maximum Gasteiger partial charge on any atom is -0.0927 e. The molecule has 0 spiro atoms. The molecule has 0 aromatic carbocycles. The van der Waals surface area contributed by atoms with E-state index in [1.807, 2.05) is 27.7 Å². The van der Waals surface area contributed by atoms with Gasteiger partial charge < -0.3 is 26.9 Å². The molecule has 0 rings (SSSR count). The largest absolute Gasteiger partial charge is 0.693 e. The third kappa shape index (κ3) is 735. The van der Waals surface area contributed by atoms with E-state index in [9.17, 15) is 0 Å². The minimum Gasteiger partial charge on any atom is -0.693 e. The first-order valence-electron chi connectivity index (χ1n) is 4.84. The van der Waals surface area contributed by atoms with Crippen molar-refractivity contribution in [2.45, 2.75) is 47.0 Å². The van der Waals surface area contributed by atoms with Crippen LogP contribution in [0.25, 0.3) is 6.15 Å². The first-order chi connectivity index (χ1) is 6.16. The maximum atomic E-state index is 3.85. The smallest absolute Gasteiger partial charge is 0.0927 e. The zero-order valence-electron chi connectivity index (χ0n) is 10.4. The van der Waals surface area contributed by atoms with Gasteiger partial charge >= 0.3 is 37.7 Å². The van der Waals surface area contributed by atoms with Gasteiger partial charge in [-0.15, -0.1) is 0 Å². The molecule has 0 saturated heterocycles. The Morgan fingerprint density at radius 1 is 0.857 bits per heavy atom. The Kier molecular flexibility index (Phi) is 146. The first kappa shape index (κ1) is 29.3. The molecule has 0 aliphatic carbocycles. The van der Waals surface area contributed by atoms with Gasteiger partial charge in [0.05, 0.1) is 0 Å². The predicted molar refractivity (Wildman–Crippen MR) is 65.2 cm³/mol. The Balaban J connectivity index is -0.0000000254. The first-order valence-corrected chi connectivity index (χ1v) is 6.28. The van der Waals surface area contributed by atoms with E-state index in [2.05, 4.69) is 24.1 Å². The zero-order chi connectivity index (χ0) is 11.5. The molecule has 3 heteroatoms. The predicted octanol–water partition coefficient (Wildman–Crippen LogP) is 5.15. The van der Waals surface area contributed by atoms with Gasteiger partial charge in [0, 0.05) is 0 Å². The minimum atomic E-state index is 0. The molecule has 0 radical (unpaired) electrons. The van der Waals surface area contributed by atoms with Crippen molar-refractivity contribution in [3.8, 4) is 0 Å². The van der Waals surface area contributed by atoms with Crippen LogP contribution in [0.5, 0.6) is 0 Å². The van der Waals surface area contributed by atoms with Crippen molar-refractivity contribution in [2.24, 2.45) is 3.34 Å². The second-order valence-corrected chi connectivity index (χ2v) is 2.97. The van der Waals surface area contributed by atoms with Gasteiger partial charge in [-0.2, -0.15) is 19.3 Å². The van der Waals surface area contributed by atoms with Gasteiger partial charge in [0.1, 0.15) is 0 Å². The van der Waals surface area contributed by atoms with Crippen molar-refractivity contribution in [1.82, 2.24) is 0 Å². The molecular weight excluding hydrogens is 341 g/mol. The molecule has 0 heterocycles. The second-order valence-electron chi connectivity index (χ2n) is 1.96. The fourth-order valence-corrected chi connectivity index (χ4v) is 0. The van der Waals surface area contributed by atoms with E-state index in [0.29, 0.717) is 0 Å². The van der Waals surface area contributed by atoms with Crippen LogP contribution in [0.1, 0.15) is 47.0 Å². The van der Waals surface area contributed by atoms with E-state index in [4.69, 9.17) is 0 Å². The van der Waals surface area contributed by atoms with Gasteiger partial charge in [-0.05, 0) is 0 Å². The molecule has 2 N–H and O–H groups in total. The molecule has 91 valence electrons. The van der Waals surface area contributed by atoms with Crippen molar-refractivity contribution in [1.29, 1.82) is 0 Å². The molecule has 0 atom stereocenters. The molecule has 0 aliphatic rings. The Labute approximate surface area is 105 Å². The summed E-state index contributed by atoms with van der Waals surface area (Å²) in [6.45, 7) is 19.5. The monoisotopic (exact) mass is 369 g/mol. The van der Waals surface area contributed by atoms with E-state index < -0.39 is 0 Å². The van der Waals surface area contributed by atoms with E-state index >= 15 is 0 Å². The zero-order valence-corrected chi connectivity index (χ0v) is 13.6. The van der Waals surface area contributed by atoms with Crippen molar-refractivity contribution in [3.63, 3.8) is 0 Å². The van der Waals surface area contributed by atoms with Crippen LogP contribution >= 0.6 is 0 Å². The number of hydrogen-bond donors (Lipinski definition) is 0. The number of rotatable bonds is 1. The topological polar surface area (TPSA) is 45.9 Å². The number of hydrogen-bond acceptors (Lipinski definition) is 1. The standard InChI is InChI=1S/3C3H7.C2H5N.H2N.Ta/c3*1-3-2;1-2-3;;/h3*1,3H2,2H3;2H2,1H3;1H2;/q3*-1;;-1;. The molecule has 0 amide bonds. The third-order valence-electron chi connectivity index (χ3n) is 0.141. The van der Waals surface area contributed by atoms with Gasteiger partial charge in [-0.1, -0.05) is 20.8 Å². The Bertz CT molecular complexity index is 45.8. The molecular formula is C11H28N2Ta-4. The van der Waals surface area contributed by atoms with Crippen molar-refractivity contribution in [2.75, 3.05) is 6.54 Å². The molecule has 0 aromatic heterocycles. The van der Waals surface area contributed by atoms with Crippen LogP contribution in [0, 0.1) is 20.8 Å². The Morgan fingerprint density at radius 2 is 0.929 bits per heavy atom. The van der Waals surface area contributed by atoms with E-state index in [0.717, 1.165) is 25.8 Å². The second kappa shape index (κ2) is 69.7. The van der Waals surface area contributed by atoms with Crippen LogP contribution in [-0.2, 0) is 20.9 Å². The minimum absolute atomic E-state index is 0. The molecule has 0 aliphatic heterocycles.